The normalized spacial score (nSPS) is 14.3. The summed E-state index contributed by atoms with van der Waals surface area (Å²) in [5.74, 6) is -0.211. The Morgan fingerprint density at radius 2 is 1.94 bits per heavy atom. The van der Waals surface area contributed by atoms with Crippen molar-refractivity contribution in [3.05, 3.63) is 64.9 Å². The molecule has 0 radical (unpaired) electrons. The predicted octanol–water partition coefficient (Wildman–Crippen LogP) is 3.69. The van der Waals surface area contributed by atoms with Gasteiger partial charge in [-0.25, -0.2) is 0 Å². The highest BCUT2D eigenvalue weighted by atomic mass is 32.1. The number of carbonyl (C=O) groups excluding carboxylic acids is 3. The fourth-order valence-electron chi connectivity index (χ4n) is 3.98. The molecule has 7 nitrogen and oxygen atoms in total. The second kappa shape index (κ2) is 12.2. The van der Waals surface area contributed by atoms with Gasteiger partial charge in [-0.05, 0) is 48.9 Å². The minimum atomic E-state index is -0.842. The van der Waals surface area contributed by atoms with Gasteiger partial charge in [0.15, 0.2) is 0 Å². The van der Waals surface area contributed by atoms with E-state index in [0.29, 0.717) is 22.8 Å². The van der Waals surface area contributed by atoms with E-state index in [1.54, 1.807) is 47.9 Å². The van der Waals surface area contributed by atoms with Crippen molar-refractivity contribution in [3.8, 4) is 5.75 Å². The number of hydrogen-bond acceptors (Lipinski definition) is 5. The number of thiophene rings is 1. The molecule has 176 valence electrons. The molecule has 1 aromatic carbocycles. The Bertz CT molecular complexity index is 937. The van der Waals surface area contributed by atoms with Crippen LogP contribution >= 0.6 is 11.3 Å². The van der Waals surface area contributed by atoms with E-state index < -0.39 is 6.04 Å². The molecular formula is C25H31N3O4S. The van der Waals surface area contributed by atoms with Crippen LogP contribution in [0.15, 0.2) is 54.4 Å². The van der Waals surface area contributed by atoms with Crippen LogP contribution in [0.25, 0.3) is 0 Å². The zero-order chi connectivity index (χ0) is 23.6. The van der Waals surface area contributed by atoms with Gasteiger partial charge in [0.2, 0.25) is 11.8 Å². The van der Waals surface area contributed by atoms with E-state index in [4.69, 9.17) is 4.74 Å². The van der Waals surface area contributed by atoms with Gasteiger partial charge >= 0.3 is 0 Å². The number of nitrogens with one attached hydrogen (secondary N) is 2. The number of carbonyl (C=O) groups is 3. The lowest BCUT2D eigenvalue weighted by Crippen LogP contribution is -2.48. The monoisotopic (exact) mass is 469 g/mol. The predicted molar refractivity (Wildman–Crippen MR) is 129 cm³/mol. The largest absolute Gasteiger partial charge is 0.494 e. The van der Waals surface area contributed by atoms with Crippen LogP contribution in [0.3, 0.4) is 0 Å². The average Bonchev–Trinajstić information content (AvgIpc) is 3.53. The molecule has 2 N–H and O–H groups in total. The summed E-state index contributed by atoms with van der Waals surface area (Å²) < 4.78 is 5.52. The number of ether oxygens (including phenoxy) is 1. The average molecular weight is 470 g/mol. The Kier molecular flexibility index (Phi) is 9.06. The molecule has 2 aromatic rings. The van der Waals surface area contributed by atoms with Crippen molar-refractivity contribution in [1.82, 2.24) is 15.5 Å². The van der Waals surface area contributed by atoms with Crippen molar-refractivity contribution in [2.24, 2.45) is 0 Å². The molecule has 1 aromatic heterocycles. The maximum absolute atomic E-state index is 13.4. The first-order valence-electron chi connectivity index (χ1n) is 11.3. The van der Waals surface area contributed by atoms with Crippen LogP contribution < -0.4 is 15.4 Å². The lowest BCUT2D eigenvalue weighted by Gasteiger charge is -2.31. The lowest BCUT2D eigenvalue weighted by molar-refractivity contribution is -0.139. The topological polar surface area (TPSA) is 87.7 Å². The summed E-state index contributed by atoms with van der Waals surface area (Å²) in [5, 5.41) is 7.58. The highest BCUT2D eigenvalue weighted by Gasteiger charge is 2.32. The number of nitrogens with zero attached hydrogens (tertiary/aromatic N) is 1. The fourth-order valence-corrected chi connectivity index (χ4v) is 4.62. The van der Waals surface area contributed by atoms with Gasteiger partial charge in [0.1, 0.15) is 11.8 Å². The van der Waals surface area contributed by atoms with Gasteiger partial charge in [-0.3, -0.25) is 14.4 Å². The van der Waals surface area contributed by atoms with Crippen molar-refractivity contribution in [3.63, 3.8) is 0 Å². The zero-order valence-corrected chi connectivity index (χ0v) is 19.7. The molecule has 8 heteroatoms. The van der Waals surface area contributed by atoms with Gasteiger partial charge in [-0.2, -0.15) is 0 Å². The first-order valence-corrected chi connectivity index (χ1v) is 12.2. The third-order valence-electron chi connectivity index (χ3n) is 5.56. The summed E-state index contributed by atoms with van der Waals surface area (Å²) in [6, 6.07) is 9.94. The van der Waals surface area contributed by atoms with Gasteiger partial charge in [0.05, 0.1) is 18.0 Å². The quantitative estimate of drug-likeness (QED) is 0.492. The summed E-state index contributed by atoms with van der Waals surface area (Å²) >= 11 is 1.30. The Morgan fingerprint density at radius 3 is 2.55 bits per heavy atom. The van der Waals surface area contributed by atoms with Crippen LogP contribution in [0, 0.1) is 0 Å². The Balaban J connectivity index is 1.81. The SMILES string of the molecule is C=CCN(C(=O)CNC(=O)c1cccs1)C(C(=O)NC1CCCC1)c1ccc(OCC)cc1. The second-order valence-corrected chi connectivity index (χ2v) is 8.84. The summed E-state index contributed by atoms with van der Waals surface area (Å²) in [6.45, 7) is 6.16. The van der Waals surface area contributed by atoms with Crippen LogP contribution in [0.5, 0.6) is 5.75 Å². The third kappa shape index (κ3) is 6.68. The molecule has 33 heavy (non-hydrogen) atoms. The van der Waals surface area contributed by atoms with Crippen LogP contribution in [0.2, 0.25) is 0 Å². The first-order chi connectivity index (χ1) is 16.0. The van der Waals surface area contributed by atoms with E-state index >= 15 is 0 Å². The number of rotatable bonds is 11. The molecule has 0 saturated heterocycles. The van der Waals surface area contributed by atoms with E-state index in [9.17, 15) is 14.4 Å². The van der Waals surface area contributed by atoms with Gasteiger partial charge in [-0.1, -0.05) is 37.1 Å². The summed E-state index contributed by atoms with van der Waals surface area (Å²) in [6.07, 6.45) is 5.64. The highest BCUT2D eigenvalue weighted by molar-refractivity contribution is 7.12. The molecule has 3 rings (SSSR count). The van der Waals surface area contributed by atoms with Crippen LogP contribution in [-0.4, -0.2) is 48.4 Å². The van der Waals surface area contributed by atoms with E-state index in [0.717, 1.165) is 25.7 Å². The molecule has 0 aliphatic heterocycles. The van der Waals surface area contributed by atoms with Crippen LogP contribution in [0.4, 0.5) is 0 Å². The number of hydrogen-bond donors (Lipinski definition) is 2. The Hall–Kier alpha value is -3.13. The van der Waals surface area contributed by atoms with Crippen molar-refractivity contribution in [2.75, 3.05) is 19.7 Å². The Morgan fingerprint density at radius 1 is 1.21 bits per heavy atom. The smallest absolute Gasteiger partial charge is 0.261 e. The molecule has 1 atom stereocenters. The van der Waals surface area contributed by atoms with E-state index in [-0.39, 0.29) is 36.9 Å². The molecule has 1 aliphatic carbocycles. The third-order valence-corrected chi connectivity index (χ3v) is 6.43. The van der Waals surface area contributed by atoms with Crippen molar-refractivity contribution < 1.29 is 19.1 Å². The van der Waals surface area contributed by atoms with Gasteiger partial charge in [0, 0.05) is 12.6 Å². The molecule has 1 heterocycles. The molecule has 1 fully saturated rings. The van der Waals surface area contributed by atoms with Gasteiger partial charge in [-0.15, -0.1) is 17.9 Å². The lowest BCUT2D eigenvalue weighted by atomic mass is 10.0. The maximum Gasteiger partial charge on any atom is 0.261 e. The first kappa shape index (κ1) is 24.5. The molecule has 1 unspecified atom stereocenters. The second-order valence-electron chi connectivity index (χ2n) is 7.89. The minimum Gasteiger partial charge on any atom is -0.494 e. The molecule has 3 amide bonds. The summed E-state index contributed by atoms with van der Waals surface area (Å²) in [4.78, 5) is 40.9. The summed E-state index contributed by atoms with van der Waals surface area (Å²) in [7, 11) is 0. The number of benzene rings is 1. The number of amides is 3. The molecule has 1 aliphatic rings. The van der Waals surface area contributed by atoms with Crippen molar-refractivity contribution >= 4 is 29.1 Å². The maximum atomic E-state index is 13.4. The van der Waals surface area contributed by atoms with E-state index in [2.05, 4.69) is 17.2 Å². The molecule has 0 spiro atoms. The van der Waals surface area contributed by atoms with Crippen molar-refractivity contribution in [2.45, 2.75) is 44.7 Å². The highest BCUT2D eigenvalue weighted by Crippen LogP contribution is 2.26. The fraction of sp³-hybridized carbons (Fsp3) is 0.400. The van der Waals surface area contributed by atoms with Gasteiger partial charge < -0.3 is 20.3 Å². The van der Waals surface area contributed by atoms with E-state index in [1.807, 2.05) is 6.92 Å². The molecular weight excluding hydrogens is 438 g/mol. The minimum absolute atomic E-state index is 0.113. The summed E-state index contributed by atoms with van der Waals surface area (Å²) in [5.41, 5.74) is 0.675. The standard InChI is InChI=1S/C25H31N3O4S/c1-3-15-28(22(29)17-26-24(30)21-10-7-16-33-21)23(25(31)27-19-8-5-6-9-19)18-11-13-20(14-12-18)32-4-2/h3,7,10-14,16,19,23H,1,4-6,8-9,15,17H2,2H3,(H,26,30)(H,27,31). The Labute approximate surface area is 198 Å². The van der Waals surface area contributed by atoms with E-state index in [1.165, 1.54) is 16.2 Å². The van der Waals surface area contributed by atoms with Crippen LogP contribution in [0.1, 0.15) is 53.9 Å². The van der Waals surface area contributed by atoms with Crippen LogP contribution in [-0.2, 0) is 9.59 Å². The molecule has 0 bridgehead atoms. The molecule has 1 saturated carbocycles. The van der Waals surface area contributed by atoms with Crippen molar-refractivity contribution in [1.29, 1.82) is 0 Å². The van der Waals surface area contributed by atoms with Gasteiger partial charge in [0.25, 0.3) is 5.91 Å². The zero-order valence-electron chi connectivity index (χ0n) is 18.9.